The summed E-state index contributed by atoms with van der Waals surface area (Å²) in [7, 11) is 0. The van der Waals surface area contributed by atoms with Crippen molar-refractivity contribution in [3.8, 4) is 0 Å². The molecule has 0 aliphatic heterocycles. The van der Waals surface area contributed by atoms with Gasteiger partial charge < -0.3 is 15.3 Å². The Bertz CT molecular complexity index is 138. The van der Waals surface area contributed by atoms with Crippen molar-refractivity contribution >= 4 is 0 Å². The third-order valence-electron chi connectivity index (χ3n) is 2.79. The van der Waals surface area contributed by atoms with Crippen molar-refractivity contribution in [2.45, 2.75) is 52.6 Å². The smallest absolute Gasteiger partial charge is 0.0431 e. The molecule has 0 fully saturated rings. The van der Waals surface area contributed by atoms with Crippen LogP contribution in [0.25, 0.3) is 0 Å². The van der Waals surface area contributed by atoms with Gasteiger partial charge in [-0.15, -0.1) is 0 Å². The predicted octanol–water partition coefficient (Wildman–Crippen LogP) is 1.47. The second-order valence-electron chi connectivity index (χ2n) is 4.32. The lowest BCUT2D eigenvalue weighted by Gasteiger charge is -2.26. The first-order valence-electron chi connectivity index (χ1n) is 6.23. The van der Waals surface area contributed by atoms with E-state index in [4.69, 9.17) is 5.11 Å². The zero-order valence-corrected chi connectivity index (χ0v) is 10.8. The van der Waals surface area contributed by atoms with E-state index in [9.17, 15) is 0 Å². The zero-order chi connectivity index (χ0) is 11.7. The summed E-state index contributed by atoms with van der Waals surface area (Å²) in [4.78, 5) is 2.43. The lowest BCUT2D eigenvalue weighted by Crippen LogP contribution is -2.43. The van der Waals surface area contributed by atoms with Crippen molar-refractivity contribution in [1.82, 2.24) is 10.2 Å². The quantitative estimate of drug-likeness (QED) is 0.612. The van der Waals surface area contributed by atoms with Crippen LogP contribution in [-0.2, 0) is 0 Å². The van der Waals surface area contributed by atoms with E-state index in [0.717, 1.165) is 32.5 Å². The summed E-state index contributed by atoms with van der Waals surface area (Å²) in [5.41, 5.74) is 0. The highest BCUT2D eigenvalue weighted by atomic mass is 16.2. The van der Waals surface area contributed by atoms with Crippen LogP contribution in [0.5, 0.6) is 0 Å². The Hall–Kier alpha value is -0.120. The molecule has 0 aromatic heterocycles. The Morgan fingerprint density at radius 3 is 2.20 bits per heavy atom. The Labute approximate surface area is 94.9 Å². The largest absolute Gasteiger partial charge is 0.396 e. The molecule has 0 saturated carbocycles. The Kier molecular flexibility index (Phi) is 9.06. The highest BCUT2D eigenvalue weighted by Crippen LogP contribution is 1.99. The van der Waals surface area contributed by atoms with Gasteiger partial charge in [0.15, 0.2) is 0 Å². The van der Waals surface area contributed by atoms with Crippen LogP contribution in [0.1, 0.15) is 40.5 Å². The van der Waals surface area contributed by atoms with Crippen molar-refractivity contribution < 1.29 is 5.11 Å². The van der Waals surface area contributed by atoms with Gasteiger partial charge >= 0.3 is 0 Å². The first-order chi connectivity index (χ1) is 7.13. The van der Waals surface area contributed by atoms with E-state index in [1.54, 1.807) is 0 Å². The molecule has 0 heterocycles. The molecule has 2 unspecified atom stereocenters. The van der Waals surface area contributed by atoms with Gasteiger partial charge in [-0.3, -0.25) is 0 Å². The summed E-state index contributed by atoms with van der Waals surface area (Å²) < 4.78 is 0. The number of rotatable bonds is 9. The molecule has 15 heavy (non-hydrogen) atoms. The van der Waals surface area contributed by atoms with Crippen LogP contribution < -0.4 is 5.32 Å². The number of nitrogens with one attached hydrogen (secondary N) is 1. The molecule has 0 aliphatic carbocycles. The molecule has 0 amide bonds. The van der Waals surface area contributed by atoms with Crippen LogP contribution in [0.4, 0.5) is 0 Å². The minimum absolute atomic E-state index is 0.302. The molecule has 0 rings (SSSR count). The minimum Gasteiger partial charge on any atom is -0.396 e. The van der Waals surface area contributed by atoms with E-state index >= 15 is 0 Å². The maximum absolute atomic E-state index is 8.73. The van der Waals surface area contributed by atoms with E-state index in [1.165, 1.54) is 0 Å². The van der Waals surface area contributed by atoms with Gasteiger partial charge in [-0.05, 0) is 39.8 Å². The van der Waals surface area contributed by atoms with Gasteiger partial charge in [-0.2, -0.15) is 0 Å². The number of hydrogen-bond donors (Lipinski definition) is 2. The lowest BCUT2D eigenvalue weighted by atomic mass is 10.1. The third kappa shape index (κ3) is 7.77. The molecule has 2 N–H and O–H groups in total. The molecule has 0 spiro atoms. The van der Waals surface area contributed by atoms with Crippen molar-refractivity contribution in [2.75, 3.05) is 26.2 Å². The average Bonchev–Trinajstić information content (AvgIpc) is 2.22. The van der Waals surface area contributed by atoms with E-state index < -0.39 is 0 Å². The first-order valence-corrected chi connectivity index (χ1v) is 6.23. The molecule has 0 aliphatic rings. The summed E-state index contributed by atoms with van der Waals surface area (Å²) in [5, 5.41) is 12.3. The number of likely N-dealkylation sites (N-methyl/N-ethyl adjacent to an activating group) is 1. The molecule has 2 atom stereocenters. The van der Waals surface area contributed by atoms with Gasteiger partial charge in [0.05, 0.1) is 0 Å². The van der Waals surface area contributed by atoms with Gasteiger partial charge in [-0.1, -0.05) is 13.8 Å². The SMILES string of the molecule is CCN(CC)CC(C)NC(C)CCCO. The van der Waals surface area contributed by atoms with Crippen molar-refractivity contribution in [3.05, 3.63) is 0 Å². The van der Waals surface area contributed by atoms with Crippen LogP contribution in [0.3, 0.4) is 0 Å². The molecule has 92 valence electrons. The zero-order valence-electron chi connectivity index (χ0n) is 10.8. The Morgan fingerprint density at radius 1 is 1.13 bits per heavy atom. The first kappa shape index (κ1) is 14.9. The number of aliphatic hydroxyl groups excluding tert-OH is 1. The maximum Gasteiger partial charge on any atom is 0.0431 e. The van der Waals surface area contributed by atoms with Gasteiger partial charge in [-0.25, -0.2) is 0 Å². The molecule has 0 aromatic rings. The molecular formula is C12H28N2O. The summed E-state index contributed by atoms with van der Waals surface area (Å²) >= 11 is 0. The monoisotopic (exact) mass is 216 g/mol. The number of nitrogens with zero attached hydrogens (tertiary/aromatic N) is 1. The molecular weight excluding hydrogens is 188 g/mol. The standard InChI is InChI=1S/C12H28N2O/c1-5-14(6-2)10-12(4)13-11(3)8-7-9-15/h11-13,15H,5-10H2,1-4H3. The maximum atomic E-state index is 8.73. The molecule has 0 saturated heterocycles. The van der Waals surface area contributed by atoms with Crippen LogP contribution in [-0.4, -0.2) is 48.3 Å². The molecule has 0 bridgehead atoms. The van der Waals surface area contributed by atoms with E-state index in [0.29, 0.717) is 18.7 Å². The number of aliphatic hydroxyl groups is 1. The van der Waals surface area contributed by atoms with E-state index in [2.05, 4.69) is 37.9 Å². The lowest BCUT2D eigenvalue weighted by molar-refractivity contribution is 0.250. The van der Waals surface area contributed by atoms with Crippen LogP contribution in [0.2, 0.25) is 0 Å². The van der Waals surface area contributed by atoms with Gasteiger partial charge in [0.2, 0.25) is 0 Å². The summed E-state index contributed by atoms with van der Waals surface area (Å²) in [5.74, 6) is 0. The Balaban J connectivity index is 3.66. The highest BCUT2D eigenvalue weighted by molar-refractivity contribution is 4.70. The van der Waals surface area contributed by atoms with Gasteiger partial charge in [0.25, 0.3) is 0 Å². The molecule has 0 aromatic carbocycles. The fourth-order valence-electron chi connectivity index (χ4n) is 1.89. The minimum atomic E-state index is 0.302. The summed E-state index contributed by atoms with van der Waals surface area (Å²) in [6.45, 7) is 12.5. The van der Waals surface area contributed by atoms with Gasteiger partial charge in [0.1, 0.15) is 0 Å². The Morgan fingerprint density at radius 2 is 1.73 bits per heavy atom. The van der Waals surface area contributed by atoms with Gasteiger partial charge in [0, 0.05) is 25.2 Å². The van der Waals surface area contributed by atoms with E-state index in [-0.39, 0.29) is 0 Å². The van der Waals surface area contributed by atoms with Crippen molar-refractivity contribution in [3.63, 3.8) is 0 Å². The van der Waals surface area contributed by atoms with Crippen LogP contribution in [0.15, 0.2) is 0 Å². The summed E-state index contributed by atoms with van der Waals surface area (Å²) in [6, 6.07) is 1.03. The molecule has 3 nitrogen and oxygen atoms in total. The second-order valence-corrected chi connectivity index (χ2v) is 4.32. The molecule has 3 heteroatoms. The van der Waals surface area contributed by atoms with E-state index in [1.807, 2.05) is 0 Å². The number of hydrogen-bond acceptors (Lipinski definition) is 3. The van der Waals surface area contributed by atoms with Crippen LogP contribution >= 0.6 is 0 Å². The normalized spacial score (nSPS) is 15.6. The van der Waals surface area contributed by atoms with Crippen LogP contribution in [0, 0.1) is 0 Å². The predicted molar refractivity (Wildman–Crippen MR) is 66.2 cm³/mol. The fourth-order valence-corrected chi connectivity index (χ4v) is 1.89. The summed E-state index contributed by atoms with van der Waals surface area (Å²) in [6.07, 6.45) is 1.95. The molecule has 0 radical (unpaired) electrons. The fraction of sp³-hybridized carbons (Fsp3) is 1.00. The highest BCUT2D eigenvalue weighted by Gasteiger charge is 2.09. The van der Waals surface area contributed by atoms with Crippen molar-refractivity contribution in [1.29, 1.82) is 0 Å². The topological polar surface area (TPSA) is 35.5 Å². The van der Waals surface area contributed by atoms with Crippen molar-refractivity contribution in [2.24, 2.45) is 0 Å². The third-order valence-corrected chi connectivity index (χ3v) is 2.79. The second kappa shape index (κ2) is 9.13. The average molecular weight is 216 g/mol.